The molecule has 0 radical (unpaired) electrons. The maximum absolute atomic E-state index is 11.5. The maximum Gasteiger partial charge on any atom is 0.343 e. The van der Waals surface area contributed by atoms with Crippen LogP contribution in [-0.2, 0) is 6.54 Å². The summed E-state index contributed by atoms with van der Waals surface area (Å²) in [6, 6.07) is 0. The molecule has 0 unspecified atom stereocenters. The Morgan fingerprint density at radius 3 is 2.57 bits per heavy atom. The Labute approximate surface area is 131 Å². The lowest BCUT2D eigenvalue weighted by Gasteiger charge is -2.18. The summed E-state index contributed by atoms with van der Waals surface area (Å²) in [5.74, 6) is 0.517. The molecule has 8 nitrogen and oxygen atoms in total. The van der Waals surface area contributed by atoms with Crippen LogP contribution in [0.3, 0.4) is 0 Å². The van der Waals surface area contributed by atoms with E-state index in [1.54, 1.807) is 0 Å². The number of nitrogens with zero attached hydrogens (tertiary/aromatic N) is 6. The molecule has 0 aliphatic carbocycles. The lowest BCUT2D eigenvalue weighted by atomic mass is 10.5. The highest BCUT2D eigenvalue weighted by atomic mass is 35.5. The van der Waals surface area contributed by atoms with Gasteiger partial charge in [-0.15, -0.1) is 5.10 Å². The number of H-pyrrole nitrogens is 1. The van der Waals surface area contributed by atoms with Gasteiger partial charge in [0.05, 0.1) is 0 Å². The number of anilines is 1. The molecule has 10 heteroatoms. The van der Waals surface area contributed by atoms with E-state index in [0.717, 1.165) is 13.1 Å². The number of rotatable bonds is 6. The zero-order chi connectivity index (χ0) is 15.4. The van der Waals surface area contributed by atoms with E-state index in [9.17, 15) is 4.79 Å². The van der Waals surface area contributed by atoms with Crippen LogP contribution in [0.1, 0.15) is 20.8 Å². The normalized spacial score (nSPS) is 10.9. The zero-order valence-corrected chi connectivity index (χ0v) is 13.6. The van der Waals surface area contributed by atoms with E-state index in [1.807, 2.05) is 25.7 Å². The molecule has 0 amide bonds. The standard InChI is InChI=1S/C11H16ClN7OS/c1-4-18(5-2)8-13-7(12)14-9(15-8)21-11-17-16-10(20)19(11)6-3/h4-6H2,1-3H3,(H,16,20). The van der Waals surface area contributed by atoms with Crippen molar-refractivity contribution in [2.24, 2.45) is 0 Å². The Balaban J connectivity index is 2.34. The van der Waals surface area contributed by atoms with Gasteiger partial charge in [-0.2, -0.15) is 15.0 Å². The van der Waals surface area contributed by atoms with Crippen LogP contribution in [0.4, 0.5) is 5.95 Å². The first-order valence-electron chi connectivity index (χ1n) is 6.58. The van der Waals surface area contributed by atoms with Gasteiger partial charge in [0, 0.05) is 19.6 Å². The molecule has 1 N–H and O–H groups in total. The summed E-state index contributed by atoms with van der Waals surface area (Å²) in [6.07, 6.45) is 0. The predicted molar refractivity (Wildman–Crippen MR) is 81.0 cm³/mol. The summed E-state index contributed by atoms with van der Waals surface area (Å²) in [5.41, 5.74) is -0.260. The molecule has 0 aliphatic rings. The molecular weight excluding hydrogens is 314 g/mol. The van der Waals surface area contributed by atoms with Crippen molar-refractivity contribution >= 4 is 29.3 Å². The van der Waals surface area contributed by atoms with Gasteiger partial charge in [-0.05, 0) is 44.1 Å². The van der Waals surface area contributed by atoms with E-state index >= 15 is 0 Å². The van der Waals surface area contributed by atoms with Crippen molar-refractivity contribution in [3.05, 3.63) is 15.8 Å². The average molecular weight is 330 g/mol. The quantitative estimate of drug-likeness (QED) is 0.856. The topological polar surface area (TPSA) is 92.6 Å². The summed E-state index contributed by atoms with van der Waals surface area (Å²) in [5, 5.41) is 7.39. The fraction of sp³-hybridized carbons (Fsp3) is 0.545. The van der Waals surface area contributed by atoms with Crippen LogP contribution in [0.25, 0.3) is 0 Å². The first kappa shape index (κ1) is 15.8. The third-order valence-corrected chi connectivity index (χ3v) is 3.87. The molecule has 2 aromatic rings. The van der Waals surface area contributed by atoms with Crippen LogP contribution in [0.2, 0.25) is 5.28 Å². The monoisotopic (exact) mass is 329 g/mol. The van der Waals surface area contributed by atoms with Crippen LogP contribution in [0.15, 0.2) is 15.1 Å². The van der Waals surface area contributed by atoms with Gasteiger partial charge in [0.15, 0.2) is 5.16 Å². The van der Waals surface area contributed by atoms with Crippen LogP contribution >= 0.6 is 23.4 Å². The fourth-order valence-electron chi connectivity index (χ4n) is 1.76. The largest absolute Gasteiger partial charge is 0.343 e. The van der Waals surface area contributed by atoms with Crippen LogP contribution in [0, 0.1) is 0 Å². The van der Waals surface area contributed by atoms with E-state index in [2.05, 4.69) is 25.1 Å². The minimum Gasteiger partial charge on any atom is -0.341 e. The molecule has 0 bridgehead atoms. The minimum atomic E-state index is -0.260. The first-order chi connectivity index (χ1) is 10.1. The van der Waals surface area contributed by atoms with Crippen LogP contribution < -0.4 is 10.6 Å². The van der Waals surface area contributed by atoms with Crippen LogP contribution in [-0.4, -0.2) is 42.8 Å². The van der Waals surface area contributed by atoms with Crippen molar-refractivity contribution in [2.45, 2.75) is 37.6 Å². The minimum absolute atomic E-state index is 0.121. The van der Waals surface area contributed by atoms with Gasteiger partial charge in [-0.25, -0.2) is 9.89 Å². The van der Waals surface area contributed by atoms with E-state index in [4.69, 9.17) is 11.6 Å². The molecule has 0 fully saturated rings. The summed E-state index contributed by atoms with van der Waals surface area (Å²) >= 11 is 7.13. The Hall–Kier alpha value is -1.61. The molecule has 0 aliphatic heterocycles. The van der Waals surface area contributed by atoms with Crippen molar-refractivity contribution in [3.8, 4) is 0 Å². The molecule has 0 aromatic carbocycles. The molecule has 0 saturated carbocycles. The second-order valence-electron chi connectivity index (χ2n) is 4.02. The summed E-state index contributed by atoms with van der Waals surface area (Å²) < 4.78 is 1.50. The highest BCUT2D eigenvalue weighted by Crippen LogP contribution is 2.24. The second-order valence-corrected chi connectivity index (χ2v) is 5.29. The van der Waals surface area contributed by atoms with Gasteiger partial charge in [0.1, 0.15) is 0 Å². The number of hydrogen-bond donors (Lipinski definition) is 1. The lowest BCUT2D eigenvalue weighted by molar-refractivity contribution is 0.658. The van der Waals surface area contributed by atoms with E-state index < -0.39 is 0 Å². The average Bonchev–Trinajstić information content (AvgIpc) is 2.80. The van der Waals surface area contributed by atoms with Crippen LogP contribution in [0.5, 0.6) is 0 Å². The van der Waals surface area contributed by atoms with E-state index in [1.165, 1.54) is 16.3 Å². The molecule has 0 atom stereocenters. The SMILES string of the molecule is CCN(CC)c1nc(Cl)nc(Sc2n[nH]c(=O)n2CC)n1. The van der Waals surface area contributed by atoms with Gasteiger partial charge < -0.3 is 4.90 Å². The van der Waals surface area contributed by atoms with Gasteiger partial charge >= 0.3 is 5.69 Å². The van der Waals surface area contributed by atoms with Crippen molar-refractivity contribution < 1.29 is 0 Å². The molecule has 0 spiro atoms. The molecule has 0 saturated heterocycles. The van der Waals surface area contributed by atoms with E-state index in [-0.39, 0.29) is 11.0 Å². The fourth-order valence-corrected chi connectivity index (χ4v) is 2.80. The molecule has 114 valence electrons. The van der Waals surface area contributed by atoms with Gasteiger partial charge in [0.2, 0.25) is 16.4 Å². The summed E-state index contributed by atoms with van der Waals surface area (Å²) in [4.78, 5) is 26.1. The lowest BCUT2D eigenvalue weighted by Crippen LogP contribution is -2.24. The number of aromatic nitrogens is 6. The van der Waals surface area contributed by atoms with Crippen molar-refractivity contribution in [3.63, 3.8) is 0 Å². The highest BCUT2D eigenvalue weighted by molar-refractivity contribution is 7.99. The van der Waals surface area contributed by atoms with E-state index in [0.29, 0.717) is 22.8 Å². The smallest absolute Gasteiger partial charge is 0.341 e. The van der Waals surface area contributed by atoms with Crippen molar-refractivity contribution in [1.82, 2.24) is 29.7 Å². The number of aromatic amines is 1. The predicted octanol–water partition coefficient (Wildman–Crippen LogP) is 1.43. The number of nitrogens with one attached hydrogen (secondary N) is 1. The summed E-state index contributed by atoms with van der Waals surface area (Å²) in [7, 11) is 0. The number of halogens is 1. The third kappa shape index (κ3) is 3.53. The molecule has 2 heterocycles. The Morgan fingerprint density at radius 1 is 1.24 bits per heavy atom. The molecule has 2 aromatic heterocycles. The Kier molecular flexibility index (Phi) is 5.18. The first-order valence-corrected chi connectivity index (χ1v) is 7.78. The molecular formula is C11H16ClN7OS. The van der Waals surface area contributed by atoms with Gasteiger partial charge in [0.25, 0.3) is 0 Å². The molecule has 21 heavy (non-hydrogen) atoms. The van der Waals surface area contributed by atoms with Gasteiger partial charge in [-0.3, -0.25) is 4.57 Å². The summed E-state index contributed by atoms with van der Waals surface area (Å²) in [6.45, 7) is 7.93. The third-order valence-electron chi connectivity index (χ3n) is 2.84. The highest BCUT2D eigenvalue weighted by Gasteiger charge is 2.14. The molecule has 2 rings (SSSR count). The van der Waals surface area contributed by atoms with Crippen molar-refractivity contribution in [2.75, 3.05) is 18.0 Å². The van der Waals surface area contributed by atoms with Crippen molar-refractivity contribution in [1.29, 1.82) is 0 Å². The Morgan fingerprint density at radius 2 is 1.95 bits per heavy atom. The zero-order valence-electron chi connectivity index (χ0n) is 12.0. The Bertz CT molecular complexity index is 667. The second kappa shape index (κ2) is 6.90. The maximum atomic E-state index is 11.5. The number of hydrogen-bond acceptors (Lipinski definition) is 7. The van der Waals surface area contributed by atoms with Gasteiger partial charge in [-0.1, -0.05) is 0 Å².